The van der Waals surface area contributed by atoms with Gasteiger partial charge in [0.15, 0.2) is 0 Å². The largest absolute Gasteiger partial charge is 0.324 e. The zero-order chi connectivity index (χ0) is 14.4. The van der Waals surface area contributed by atoms with Gasteiger partial charge in [0.2, 0.25) is 0 Å². The Kier molecular flexibility index (Phi) is 2.93. The Hall–Kier alpha value is -1.93. The minimum Gasteiger partial charge on any atom is -0.324 e. The molecular formula is C19H18FN. The fourth-order valence-corrected chi connectivity index (χ4v) is 3.64. The van der Waals surface area contributed by atoms with Gasteiger partial charge in [-0.2, -0.15) is 0 Å². The van der Waals surface area contributed by atoms with E-state index in [1.165, 1.54) is 40.8 Å². The van der Waals surface area contributed by atoms with Crippen LogP contribution in [0.25, 0.3) is 16.7 Å². The molecule has 4 rings (SSSR count). The molecule has 2 aromatic rings. The van der Waals surface area contributed by atoms with E-state index < -0.39 is 0 Å². The second kappa shape index (κ2) is 4.81. The lowest BCUT2D eigenvalue weighted by Crippen LogP contribution is -2.25. The van der Waals surface area contributed by atoms with Crippen LogP contribution >= 0.6 is 0 Å². The molecule has 0 saturated carbocycles. The summed E-state index contributed by atoms with van der Waals surface area (Å²) < 4.78 is 13.1. The van der Waals surface area contributed by atoms with Gasteiger partial charge in [-0.1, -0.05) is 24.3 Å². The summed E-state index contributed by atoms with van der Waals surface area (Å²) >= 11 is 0. The van der Waals surface area contributed by atoms with Crippen molar-refractivity contribution in [2.24, 2.45) is 5.73 Å². The number of hydrogen-bond donors (Lipinski definition) is 1. The van der Waals surface area contributed by atoms with E-state index in [2.05, 4.69) is 18.2 Å². The third kappa shape index (κ3) is 2.11. The third-order valence-electron chi connectivity index (χ3n) is 4.77. The lowest BCUT2D eigenvalue weighted by molar-refractivity contribution is 0.620. The van der Waals surface area contributed by atoms with E-state index in [1.807, 2.05) is 12.1 Å². The molecule has 0 fully saturated rings. The van der Waals surface area contributed by atoms with Crippen LogP contribution < -0.4 is 5.73 Å². The molecule has 0 bridgehead atoms. The smallest absolute Gasteiger partial charge is 0.123 e. The standard InChI is InChI=1S/C19H18FN/c20-15-8-6-12(7-9-15)13-4-5-14-11-18-16(17(14)10-13)2-1-3-19(18)21/h4-10,19H,1-3,11,21H2. The van der Waals surface area contributed by atoms with Gasteiger partial charge in [0.25, 0.3) is 0 Å². The van der Waals surface area contributed by atoms with Crippen LogP contribution in [0.5, 0.6) is 0 Å². The highest BCUT2D eigenvalue weighted by Gasteiger charge is 2.28. The number of hydrogen-bond acceptors (Lipinski definition) is 1. The highest BCUT2D eigenvalue weighted by Crippen LogP contribution is 2.42. The number of benzene rings is 2. The first-order valence-corrected chi connectivity index (χ1v) is 7.59. The summed E-state index contributed by atoms with van der Waals surface area (Å²) in [4.78, 5) is 0. The number of nitrogens with two attached hydrogens (primary N) is 1. The molecule has 0 aliphatic heterocycles. The minimum atomic E-state index is -0.192. The van der Waals surface area contributed by atoms with Crippen LogP contribution in [0, 0.1) is 5.82 Å². The Labute approximate surface area is 124 Å². The van der Waals surface area contributed by atoms with Crippen molar-refractivity contribution >= 4 is 5.57 Å². The maximum atomic E-state index is 13.1. The predicted molar refractivity (Wildman–Crippen MR) is 84.3 cm³/mol. The van der Waals surface area contributed by atoms with Crippen molar-refractivity contribution in [3.63, 3.8) is 0 Å². The van der Waals surface area contributed by atoms with E-state index in [1.54, 1.807) is 0 Å². The average Bonchev–Trinajstić information content (AvgIpc) is 2.87. The van der Waals surface area contributed by atoms with Crippen LogP contribution in [0.1, 0.15) is 30.4 Å². The van der Waals surface area contributed by atoms with E-state index in [-0.39, 0.29) is 11.9 Å². The van der Waals surface area contributed by atoms with Crippen molar-refractivity contribution < 1.29 is 4.39 Å². The Bertz CT molecular complexity index is 728. The third-order valence-corrected chi connectivity index (χ3v) is 4.77. The first-order chi connectivity index (χ1) is 10.2. The topological polar surface area (TPSA) is 26.0 Å². The molecule has 0 heterocycles. The van der Waals surface area contributed by atoms with Crippen molar-refractivity contribution in [3.05, 3.63) is 65.0 Å². The van der Waals surface area contributed by atoms with Crippen molar-refractivity contribution in [1.29, 1.82) is 0 Å². The normalized spacial score (nSPS) is 20.4. The molecule has 2 heteroatoms. The highest BCUT2D eigenvalue weighted by atomic mass is 19.1. The molecule has 2 N–H and O–H groups in total. The average molecular weight is 279 g/mol. The zero-order valence-electron chi connectivity index (χ0n) is 11.9. The van der Waals surface area contributed by atoms with Crippen molar-refractivity contribution in [3.8, 4) is 11.1 Å². The lowest BCUT2D eigenvalue weighted by Gasteiger charge is -2.21. The molecule has 1 unspecified atom stereocenters. The van der Waals surface area contributed by atoms with Crippen molar-refractivity contribution in [1.82, 2.24) is 0 Å². The van der Waals surface area contributed by atoms with Crippen LogP contribution in [-0.4, -0.2) is 6.04 Å². The number of halogens is 1. The van der Waals surface area contributed by atoms with E-state index in [4.69, 9.17) is 5.73 Å². The molecule has 0 radical (unpaired) electrons. The number of fused-ring (bicyclic) bond motifs is 2. The van der Waals surface area contributed by atoms with Crippen LogP contribution in [-0.2, 0) is 6.42 Å². The molecule has 2 aromatic carbocycles. The van der Waals surface area contributed by atoms with Crippen molar-refractivity contribution in [2.45, 2.75) is 31.7 Å². The fraction of sp³-hybridized carbons (Fsp3) is 0.263. The Morgan fingerprint density at radius 1 is 1.00 bits per heavy atom. The molecule has 2 aliphatic rings. The van der Waals surface area contributed by atoms with Gasteiger partial charge in [-0.25, -0.2) is 4.39 Å². The molecule has 106 valence electrons. The maximum Gasteiger partial charge on any atom is 0.123 e. The molecule has 0 spiro atoms. The zero-order valence-corrected chi connectivity index (χ0v) is 11.9. The molecule has 2 aliphatic carbocycles. The minimum absolute atomic E-state index is 0.192. The Morgan fingerprint density at radius 2 is 1.76 bits per heavy atom. The number of rotatable bonds is 1. The van der Waals surface area contributed by atoms with Crippen LogP contribution in [0.2, 0.25) is 0 Å². The summed E-state index contributed by atoms with van der Waals surface area (Å²) in [5, 5.41) is 0. The monoisotopic (exact) mass is 279 g/mol. The Morgan fingerprint density at radius 3 is 2.57 bits per heavy atom. The molecule has 21 heavy (non-hydrogen) atoms. The molecule has 0 saturated heterocycles. The first-order valence-electron chi connectivity index (χ1n) is 7.59. The summed E-state index contributed by atoms with van der Waals surface area (Å²) in [6.45, 7) is 0. The molecular weight excluding hydrogens is 261 g/mol. The number of allylic oxidation sites excluding steroid dienone is 1. The van der Waals surface area contributed by atoms with E-state index in [0.717, 1.165) is 30.4 Å². The van der Waals surface area contributed by atoms with Gasteiger partial charge in [0, 0.05) is 6.04 Å². The van der Waals surface area contributed by atoms with Gasteiger partial charge in [-0.15, -0.1) is 0 Å². The predicted octanol–water partition coefficient (Wildman–Crippen LogP) is 4.31. The summed E-state index contributed by atoms with van der Waals surface area (Å²) in [6, 6.07) is 13.5. The fourth-order valence-electron chi connectivity index (χ4n) is 3.64. The van der Waals surface area contributed by atoms with Gasteiger partial charge in [0.1, 0.15) is 5.82 Å². The van der Waals surface area contributed by atoms with Gasteiger partial charge in [-0.05, 0) is 77.3 Å². The van der Waals surface area contributed by atoms with Gasteiger partial charge in [-0.3, -0.25) is 0 Å². The van der Waals surface area contributed by atoms with Crippen molar-refractivity contribution in [2.75, 3.05) is 0 Å². The van der Waals surface area contributed by atoms with E-state index in [0.29, 0.717) is 0 Å². The van der Waals surface area contributed by atoms with Crippen LogP contribution in [0.4, 0.5) is 4.39 Å². The lowest BCUT2D eigenvalue weighted by atomic mass is 9.88. The van der Waals surface area contributed by atoms with Gasteiger partial charge in [0.05, 0.1) is 0 Å². The SMILES string of the molecule is NC1CCCC2=C1Cc1ccc(-c3ccc(F)cc3)cc12. The molecule has 0 aromatic heterocycles. The molecule has 1 nitrogen and oxygen atoms in total. The first kappa shape index (κ1) is 12.8. The highest BCUT2D eigenvalue weighted by molar-refractivity contribution is 5.81. The maximum absolute atomic E-state index is 13.1. The summed E-state index contributed by atoms with van der Waals surface area (Å²) in [5.74, 6) is -0.192. The van der Waals surface area contributed by atoms with Crippen LogP contribution in [0.3, 0.4) is 0 Å². The van der Waals surface area contributed by atoms with Gasteiger partial charge < -0.3 is 5.73 Å². The van der Waals surface area contributed by atoms with E-state index in [9.17, 15) is 4.39 Å². The van der Waals surface area contributed by atoms with E-state index >= 15 is 0 Å². The quantitative estimate of drug-likeness (QED) is 0.827. The molecule has 1 atom stereocenters. The summed E-state index contributed by atoms with van der Waals surface area (Å²) in [6.07, 6.45) is 4.44. The Balaban J connectivity index is 1.78. The molecule has 0 amide bonds. The second-order valence-corrected chi connectivity index (χ2v) is 6.06. The van der Waals surface area contributed by atoms with Gasteiger partial charge >= 0.3 is 0 Å². The van der Waals surface area contributed by atoms with Crippen LogP contribution in [0.15, 0.2) is 48.0 Å². The summed E-state index contributed by atoms with van der Waals surface area (Å²) in [7, 11) is 0. The summed E-state index contributed by atoms with van der Waals surface area (Å²) in [5.41, 5.74) is 14.1. The second-order valence-electron chi connectivity index (χ2n) is 6.06.